The van der Waals surface area contributed by atoms with Crippen LogP contribution >= 0.6 is 11.3 Å². The van der Waals surface area contributed by atoms with Crippen LogP contribution in [0.3, 0.4) is 0 Å². The lowest BCUT2D eigenvalue weighted by Crippen LogP contribution is -2.27. The Bertz CT molecular complexity index is 1050. The molecule has 0 bridgehead atoms. The first-order valence-corrected chi connectivity index (χ1v) is 9.23. The molecule has 0 aliphatic carbocycles. The van der Waals surface area contributed by atoms with Crippen molar-refractivity contribution in [2.45, 2.75) is 33.2 Å². The van der Waals surface area contributed by atoms with Gasteiger partial charge >= 0.3 is 5.97 Å². The molecule has 3 aromatic rings. The lowest BCUT2D eigenvalue weighted by atomic mass is 10.1. The molecule has 134 valence electrons. The fourth-order valence-corrected chi connectivity index (χ4v) is 4.03. The second-order valence-electron chi connectivity index (χ2n) is 6.22. The first kappa shape index (κ1) is 18.1. The number of aromatic nitrogens is 1. The third-order valence-corrected chi connectivity index (χ3v) is 5.54. The number of carbonyl (C=O) groups excluding carboxylic acids is 1. The number of carbonyl (C=O) groups is 2. The molecule has 0 fully saturated rings. The number of benzene rings is 2. The molecule has 2 aromatic carbocycles. The number of rotatable bonds is 4. The third-order valence-electron chi connectivity index (χ3n) is 4.33. The minimum absolute atomic E-state index is 0.372. The van der Waals surface area contributed by atoms with Crippen molar-refractivity contribution >= 4 is 33.4 Å². The molecular weight excluding hydrogens is 348 g/mol. The van der Waals surface area contributed by atoms with Gasteiger partial charge in [0.15, 0.2) is 4.80 Å². The molecule has 1 unspecified atom stereocenters. The zero-order valence-electron chi connectivity index (χ0n) is 14.9. The van der Waals surface area contributed by atoms with Gasteiger partial charge in [-0.2, -0.15) is 4.99 Å². The van der Waals surface area contributed by atoms with Gasteiger partial charge in [0, 0.05) is 5.56 Å². The molecule has 0 spiro atoms. The van der Waals surface area contributed by atoms with Gasteiger partial charge in [0.05, 0.1) is 10.2 Å². The van der Waals surface area contributed by atoms with Crippen molar-refractivity contribution in [2.75, 3.05) is 0 Å². The Kier molecular flexibility index (Phi) is 5.04. The Labute approximate surface area is 155 Å². The second-order valence-corrected chi connectivity index (χ2v) is 7.20. The maximum atomic E-state index is 12.6. The van der Waals surface area contributed by atoms with E-state index in [-0.39, 0.29) is 5.91 Å². The van der Waals surface area contributed by atoms with Crippen LogP contribution in [-0.2, 0) is 4.79 Å². The van der Waals surface area contributed by atoms with Crippen LogP contribution < -0.4 is 4.80 Å². The molecule has 6 heteroatoms. The van der Waals surface area contributed by atoms with Crippen LogP contribution in [0.4, 0.5) is 0 Å². The molecule has 0 aliphatic rings. The summed E-state index contributed by atoms with van der Waals surface area (Å²) in [5, 5.41) is 9.64. The van der Waals surface area contributed by atoms with E-state index in [1.807, 2.05) is 51.1 Å². The van der Waals surface area contributed by atoms with Crippen LogP contribution in [0.5, 0.6) is 0 Å². The van der Waals surface area contributed by atoms with Gasteiger partial charge in [0.1, 0.15) is 6.04 Å². The molecule has 3 rings (SSSR count). The zero-order valence-corrected chi connectivity index (χ0v) is 15.7. The predicted molar refractivity (Wildman–Crippen MR) is 103 cm³/mol. The van der Waals surface area contributed by atoms with Gasteiger partial charge in [-0.1, -0.05) is 48.1 Å². The summed E-state index contributed by atoms with van der Waals surface area (Å²) in [4.78, 5) is 29.0. The summed E-state index contributed by atoms with van der Waals surface area (Å²) in [5.41, 5.74) is 3.37. The quantitative estimate of drug-likeness (QED) is 0.754. The van der Waals surface area contributed by atoms with Crippen LogP contribution in [0.15, 0.2) is 47.5 Å². The summed E-state index contributed by atoms with van der Waals surface area (Å²) in [6.07, 6.45) is 0.404. The van der Waals surface area contributed by atoms with Crippen molar-refractivity contribution < 1.29 is 14.7 Å². The smallest absolute Gasteiger partial charge is 0.326 e. The highest BCUT2D eigenvalue weighted by atomic mass is 32.1. The van der Waals surface area contributed by atoms with Crippen molar-refractivity contribution in [3.63, 3.8) is 0 Å². The van der Waals surface area contributed by atoms with E-state index in [0.29, 0.717) is 16.8 Å². The highest BCUT2D eigenvalue weighted by Gasteiger charge is 2.22. The largest absolute Gasteiger partial charge is 0.480 e. The molecule has 0 aliphatic heterocycles. The normalized spacial score (nSPS) is 13.1. The maximum absolute atomic E-state index is 12.6. The summed E-state index contributed by atoms with van der Waals surface area (Å²) < 4.78 is 2.61. The standard InChI is InChI=1S/C20H20N2O3S/c1-4-15(19(24)25)22-16-7-5-6-13(3)17(16)26-20(22)21-18(23)14-10-8-12(2)9-11-14/h5-11,15H,4H2,1-3H3,(H,24,25)/b21-20-. The minimum Gasteiger partial charge on any atom is -0.480 e. The Morgan fingerprint density at radius 1 is 1.15 bits per heavy atom. The van der Waals surface area contributed by atoms with Crippen LogP contribution in [0.1, 0.15) is 40.9 Å². The number of nitrogens with zero attached hydrogens (tertiary/aromatic N) is 2. The van der Waals surface area contributed by atoms with E-state index in [1.54, 1.807) is 16.7 Å². The lowest BCUT2D eigenvalue weighted by molar-refractivity contribution is -0.140. The number of aryl methyl sites for hydroxylation is 2. The second kappa shape index (κ2) is 7.25. The number of fused-ring (bicyclic) bond motifs is 1. The Morgan fingerprint density at radius 2 is 1.85 bits per heavy atom. The van der Waals surface area contributed by atoms with Gasteiger partial charge in [0.25, 0.3) is 5.91 Å². The predicted octanol–water partition coefficient (Wildman–Crippen LogP) is 4.10. The molecule has 1 atom stereocenters. The molecule has 26 heavy (non-hydrogen) atoms. The van der Waals surface area contributed by atoms with Gasteiger partial charge < -0.3 is 9.67 Å². The fourth-order valence-electron chi connectivity index (χ4n) is 2.90. The van der Waals surface area contributed by atoms with Crippen molar-refractivity contribution in [3.05, 3.63) is 64.0 Å². The molecule has 0 radical (unpaired) electrons. The SMILES string of the molecule is CCC(C(=O)O)n1/c(=N/C(=O)c2ccc(C)cc2)sc2c(C)cccc21. The summed E-state index contributed by atoms with van der Waals surface area (Å²) in [5.74, 6) is -1.30. The van der Waals surface area contributed by atoms with Crippen LogP contribution in [-0.4, -0.2) is 21.6 Å². The van der Waals surface area contributed by atoms with Crippen LogP contribution in [0.25, 0.3) is 10.2 Å². The highest BCUT2D eigenvalue weighted by Crippen LogP contribution is 2.25. The van der Waals surface area contributed by atoms with Crippen LogP contribution in [0.2, 0.25) is 0 Å². The van der Waals surface area contributed by atoms with Crippen molar-refractivity contribution in [1.82, 2.24) is 4.57 Å². The summed E-state index contributed by atoms with van der Waals surface area (Å²) in [6, 6.07) is 12.2. The molecule has 5 nitrogen and oxygen atoms in total. The van der Waals surface area contributed by atoms with E-state index in [9.17, 15) is 14.7 Å². The Hall–Kier alpha value is -2.73. The number of hydrogen-bond acceptors (Lipinski definition) is 3. The zero-order chi connectivity index (χ0) is 18.8. The van der Waals surface area contributed by atoms with Crippen LogP contribution in [0, 0.1) is 13.8 Å². The van der Waals surface area contributed by atoms with Gasteiger partial charge in [-0.3, -0.25) is 4.79 Å². The fraction of sp³-hybridized carbons (Fsp3) is 0.250. The van der Waals surface area contributed by atoms with Crippen molar-refractivity contribution in [2.24, 2.45) is 4.99 Å². The van der Waals surface area contributed by atoms with Gasteiger partial charge in [-0.25, -0.2) is 4.79 Å². The number of carboxylic acid groups (broad SMARTS) is 1. The third kappa shape index (κ3) is 3.32. The Balaban J connectivity index is 2.24. The highest BCUT2D eigenvalue weighted by molar-refractivity contribution is 7.16. The number of thiazole rings is 1. The molecule has 1 aromatic heterocycles. The molecule has 1 heterocycles. The van der Waals surface area contributed by atoms with Gasteiger partial charge in [-0.05, 0) is 44.0 Å². The van der Waals surface area contributed by atoms with E-state index < -0.39 is 12.0 Å². The molecule has 0 saturated heterocycles. The number of hydrogen-bond donors (Lipinski definition) is 1. The number of carboxylic acids is 1. The van der Waals surface area contributed by atoms with E-state index >= 15 is 0 Å². The summed E-state index contributed by atoms with van der Waals surface area (Å²) >= 11 is 1.35. The Morgan fingerprint density at radius 3 is 2.46 bits per heavy atom. The first-order valence-electron chi connectivity index (χ1n) is 8.41. The van der Waals surface area contributed by atoms with Crippen molar-refractivity contribution in [1.29, 1.82) is 0 Å². The average Bonchev–Trinajstić information content (AvgIpc) is 2.95. The van der Waals surface area contributed by atoms with E-state index in [2.05, 4.69) is 4.99 Å². The number of amides is 1. The van der Waals surface area contributed by atoms with Crippen molar-refractivity contribution in [3.8, 4) is 0 Å². The van der Waals surface area contributed by atoms with Gasteiger partial charge in [-0.15, -0.1) is 0 Å². The average molecular weight is 368 g/mol. The molecule has 0 saturated carbocycles. The van der Waals surface area contributed by atoms with Gasteiger partial charge in [0.2, 0.25) is 0 Å². The monoisotopic (exact) mass is 368 g/mol. The summed E-state index contributed by atoms with van der Waals surface area (Å²) in [7, 11) is 0. The van der Waals surface area contributed by atoms with E-state index in [1.165, 1.54) is 11.3 Å². The first-order chi connectivity index (χ1) is 12.4. The van der Waals surface area contributed by atoms with E-state index in [0.717, 1.165) is 21.3 Å². The topological polar surface area (TPSA) is 71.7 Å². The maximum Gasteiger partial charge on any atom is 0.326 e. The molecule has 1 amide bonds. The van der Waals surface area contributed by atoms with E-state index in [4.69, 9.17) is 0 Å². The molecule has 1 N–H and O–H groups in total. The minimum atomic E-state index is -0.932. The molecular formula is C20H20N2O3S. The summed E-state index contributed by atoms with van der Waals surface area (Å²) in [6.45, 7) is 5.74. The number of aliphatic carboxylic acids is 1. The lowest BCUT2D eigenvalue weighted by Gasteiger charge is -2.13.